The zero-order valence-electron chi connectivity index (χ0n) is 23.3. The summed E-state index contributed by atoms with van der Waals surface area (Å²) in [6, 6.07) is 24.9. The lowest BCUT2D eigenvalue weighted by Crippen LogP contribution is -2.51. The molecule has 1 atom stereocenters. The lowest BCUT2D eigenvalue weighted by atomic mass is 10.0. The van der Waals surface area contributed by atoms with Gasteiger partial charge in [-0.15, -0.1) is 0 Å². The zero-order valence-corrected chi connectivity index (χ0v) is 24.9. The van der Waals surface area contributed by atoms with Crippen LogP contribution < -0.4 is 9.62 Å². The molecule has 214 valence electrons. The fourth-order valence-corrected chi connectivity index (χ4v) is 5.55. The van der Waals surface area contributed by atoms with Crippen molar-refractivity contribution in [2.45, 2.75) is 45.7 Å². The van der Waals surface area contributed by atoms with E-state index in [1.54, 1.807) is 35.2 Å². The molecule has 0 bridgehead atoms. The molecule has 0 radical (unpaired) electrons. The Balaban J connectivity index is 1.88. The van der Waals surface area contributed by atoms with E-state index in [9.17, 15) is 18.0 Å². The maximum Gasteiger partial charge on any atom is 0.243 e. The highest BCUT2D eigenvalue weighted by molar-refractivity contribution is 7.92. The van der Waals surface area contributed by atoms with Crippen molar-refractivity contribution in [2.75, 3.05) is 23.7 Å². The van der Waals surface area contributed by atoms with Crippen LogP contribution in [0.15, 0.2) is 84.9 Å². The molecule has 0 saturated heterocycles. The minimum absolute atomic E-state index is 0.0616. The highest BCUT2D eigenvalue weighted by Crippen LogP contribution is 2.22. The number of sulfonamides is 1. The van der Waals surface area contributed by atoms with Crippen LogP contribution in [-0.2, 0) is 32.6 Å². The van der Waals surface area contributed by atoms with E-state index in [2.05, 4.69) is 5.32 Å². The number of nitrogens with zero attached hydrogens (tertiary/aromatic N) is 2. The van der Waals surface area contributed by atoms with Crippen molar-refractivity contribution in [2.24, 2.45) is 5.92 Å². The number of rotatable bonds is 14. The summed E-state index contributed by atoms with van der Waals surface area (Å²) in [6.07, 6.45) is 1.83. The number of carbonyl (C=O) groups excluding carboxylic acids is 2. The van der Waals surface area contributed by atoms with Crippen molar-refractivity contribution >= 4 is 39.1 Å². The molecule has 3 rings (SSSR count). The van der Waals surface area contributed by atoms with Crippen molar-refractivity contribution in [3.63, 3.8) is 0 Å². The van der Waals surface area contributed by atoms with E-state index in [0.29, 0.717) is 23.7 Å². The molecule has 0 saturated carbocycles. The second-order valence-corrected chi connectivity index (χ2v) is 12.5. The number of anilines is 1. The van der Waals surface area contributed by atoms with Crippen LogP contribution in [0.25, 0.3) is 0 Å². The summed E-state index contributed by atoms with van der Waals surface area (Å²) < 4.78 is 26.3. The molecule has 3 aromatic rings. The standard InChI is InChI=1S/C31H38ClN3O4S/c1-24(2)22-33-31(37)29(21-25-13-6-4-7-14-25)34(23-26-15-10-11-18-28(26)32)30(36)19-12-20-35(40(3,38)39)27-16-8-5-9-17-27/h4-11,13-18,24,29H,12,19-23H2,1-3H3,(H,33,37). The molecule has 2 amide bonds. The molecule has 7 nitrogen and oxygen atoms in total. The number of amides is 2. The normalized spacial score (nSPS) is 12.1. The summed E-state index contributed by atoms with van der Waals surface area (Å²) in [5.41, 5.74) is 2.20. The van der Waals surface area contributed by atoms with Crippen LogP contribution in [0.5, 0.6) is 0 Å². The molecule has 0 heterocycles. The molecule has 3 aromatic carbocycles. The number of halogens is 1. The first-order valence-electron chi connectivity index (χ1n) is 13.4. The number of para-hydroxylation sites is 1. The topological polar surface area (TPSA) is 86.8 Å². The van der Waals surface area contributed by atoms with Crippen molar-refractivity contribution in [1.82, 2.24) is 10.2 Å². The van der Waals surface area contributed by atoms with Gasteiger partial charge in [0.2, 0.25) is 21.8 Å². The highest BCUT2D eigenvalue weighted by atomic mass is 35.5. The molecular formula is C31H38ClN3O4S. The van der Waals surface area contributed by atoms with Gasteiger partial charge in [-0.05, 0) is 41.7 Å². The predicted octanol–water partition coefficient (Wildman–Crippen LogP) is 5.30. The lowest BCUT2D eigenvalue weighted by Gasteiger charge is -2.32. The van der Waals surface area contributed by atoms with Gasteiger partial charge in [-0.3, -0.25) is 13.9 Å². The van der Waals surface area contributed by atoms with Crippen LogP contribution in [0.2, 0.25) is 5.02 Å². The maximum atomic E-state index is 13.8. The first-order valence-corrected chi connectivity index (χ1v) is 15.7. The molecule has 0 aromatic heterocycles. The fourth-order valence-electron chi connectivity index (χ4n) is 4.38. The van der Waals surface area contributed by atoms with Gasteiger partial charge in [-0.1, -0.05) is 92.2 Å². The highest BCUT2D eigenvalue weighted by Gasteiger charge is 2.31. The van der Waals surface area contributed by atoms with E-state index in [1.165, 1.54) is 4.31 Å². The third kappa shape index (κ3) is 9.38. The Morgan fingerprint density at radius 2 is 1.50 bits per heavy atom. The second kappa shape index (κ2) is 14.9. The number of nitrogens with one attached hydrogen (secondary N) is 1. The van der Waals surface area contributed by atoms with Crippen LogP contribution in [-0.4, -0.2) is 50.5 Å². The third-order valence-electron chi connectivity index (χ3n) is 6.45. The molecule has 0 aliphatic carbocycles. The van der Waals surface area contributed by atoms with Crippen LogP contribution in [0.1, 0.15) is 37.8 Å². The molecular weight excluding hydrogens is 546 g/mol. The summed E-state index contributed by atoms with van der Waals surface area (Å²) in [5, 5.41) is 3.51. The zero-order chi connectivity index (χ0) is 29.1. The van der Waals surface area contributed by atoms with Gasteiger partial charge < -0.3 is 10.2 Å². The maximum absolute atomic E-state index is 13.8. The van der Waals surface area contributed by atoms with Gasteiger partial charge in [0.1, 0.15) is 6.04 Å². The number of hydrogen-bond acceptors (Lipinski definition) is 4. The average molecular weight is 584 g/mol. The Labute approximate surface area is 243 Å². The predicted molar refractivity (Wildman–Crippen MR) is 162 cm³/mol. The first-order chi connectivity index (χ1) is 19.1. The summed E-state index contributed by atoms with van der Waals surface area (Å²) in [5.74, 6) is -0.240. The van der Waals surface area contributed by atoms with Gasteiger partial charge in [0.25, 0.3) is 0 Å². The van der Waals surface area contributed by atoms with Gasteiger partial charge >= 0.3 is 0 Å². The van der Waals surface area contributed by atoms with E-state index < -0.39 is 16.1 Å². The fraction of sp³-hybridized carbons (Fsp3) is 0.355. The SMILES string of the molecule is CC(C)CNC(=O)C(Cc1ccccc1)N(Cc1ccccc1Cl)C(=O)CCCN(c1ccccc1)S(C)(=O)=O. The quantitative estimate of drug-likeness (QED) is 0.279. The summed E-state index contributed by atoms with van der Waals surface area (Å²) in [7, 11) is -3.55. The largest absolute Gasteiger partial charge is 0.354 e. The van der Waals surface area contributed by atoms with Crippen molar-refractivity contribution in [3.8, 4) is 0 Å². The van der Waals surface area contributed by atoms with Crippen LogP contribution in [0.3, 0.4) is 0 Å². The molecule has 0 aliphatic heterocycles. The first kappa shape index (κ1) is 31.2. The van der Waals surface area contributed by atoms with Gasteiger partial charge in [0, 0.05) is 37.5 Å². The molecule has 1 unspecified atom stereocenters. The number of hydrogen-bond donors (Lipinski definition) is 1. The molecule has 40 heavy (non-hydrogen) atoms. The van der Waals surface area contributed by atoms with Crippen molar-refractivity contribution in [3.05, 3.63) is 101 Å². The Morgan fingerprint density at radius 3 is 2.10 bits per heavy atom. The van der Waals surface area contributed by atoms with E-state index in [0.717, 1.165) is 17.4 Å². The van der Waals surface area contributed by atoms with Crippen LogP contribution in [0.4, 0.5) is 5.69 Å². The minimum atomic E-state index is -3.55. The molecule has 0 fully saturated rings. The molecule has 1 N–H and O–H groups in total. The lowest BCUT2D eigenvalue weighted by molar-refractivity contribution is -0.141. The minimum Gasteiger partial charge on any atom is -0.354 e. The molecule has 0 aliphatic rings. The Morgan fingerprint density at radius 1 is 0.900 bits per heavy atom. The van der Waals surface area contributed by atoms with Crippen LogP contribution >= 0.6 is 11.6 Å². The monoisotopic (exact) mass is 583 g/mol. The van der Waals surface area contributed by atoms with E-state index in [4.69, 9.17) is 11.6 Å². The molecule has 0 spiro atoms. The summed E-state index contributed by atoms with van der Waals surface area (Å²) >= 11 is 6.47. The van der Waals surface area contributed by atoms with Gasteiger partial charge in [0.15, 0.2) is 0 Å². The smallest absolute Gasteiger partial charge is 0.243 e. The van der Waals surface area contributed by atoms with Gasteiger partial charge in [-0.25, -0.2) is 8.42 Å². The number of carbonyl (C=O) groups is 2. The summed E-state index contributed by atoms with van der Waals surface area (Å²) in [4.78, 5) is 29.0. The van der Waals surface area contributed by atoms with Crippen molar-refractivity contribution < 1.29 is 18.0 Å². The van der Waals surface area contributed by atoms with Gasteiger partial charge in [-0.2, -0.15) is 0 Å². The number of benzene rings is 3. The molecule has 9 heteroatoms. The van der Waals surface area contributed by atoms with E-state index >= 15 is 0 Å². The third-order valence-corrected chi connectivity index (χ3v) is 8.01. The van der Waals surface area contributed by atoms with E-state index in [1.807, 2.05) is 68.4 Å². The van der Waals surface area contributed by atoms with Gasteiger partial charge in [0.05, 0.1) is 11.9 Å². The Bertz CT molecular complexity index is 1350. The summed E-state index contributed by atoms with van der Waals surface area (Å²) in [6.45, 7) is 4.80. The average Bonchev–Trinajstić information content (AvgIpc) is 2.92. The Hall–Kier alpha value is -3.36. The van der Waals surface area contributed by atoms with Crippen molar-refractivity contribution in [1.29, 1.82) is 0 Å². The second-order valence-electron chi connectivity index (χ2n) is 10.2. The van der Waals surface area contributed by atoms with Crippen LogP contribution in [0, 0.1) is 5.92 Å². The van der Waals surface area contributed by atoms with E-state index in [-0.39, 0.29) is 43.7 Å². The Kier molecular flexibility index (Phi) is 11.6.